The van der Waals surface area contributed by atoms with E-state index < -0.39 is 11.9 Å². The van der Waals surface area contributed by atoms with Gasteiger partial charge in [-0.3, -0.25) is 14.8 Å². The number of hydrogen-bond acceptors (Lipinski definition) is 5. The normalized spacial score (nSPS) is 10.6. The largest absolute Gasteiger partial charge is 0.478 e. The molecule has 1 amide bonds. The summed E-state index contributed by atoms with van der Waals surface area (Å²) in [5.41, 5.74) is 1.45. The first kappa shape index (κ1) is 16.3. The minimum atomic E-state index is -1.21. The first-order valence-corrected chi connectivity index (χ1v) is 8.41. The zero-order valence-corrected chi connectivity index (χ0v) is 14.8. The van der Waals surface area contributed by atoms with Crippen LogP contribution in [0.25, 0.3) is 11.3 Å². The lowest BCUT2D eigenvalue weighted by Crippen LogP contribution is -2.19. The molecule has 0 aliphatic rings. The third kappa shape index (κ3) is 3.22. The number of nitrogens with one attached hydrogen (secondary N) is 1. The Morgan fingerprint density at radius 1 is 1.38 bits per heavy atom. The molecular formula is C15H11BrN4O3S. The first-order valence-electron chi connectivity index (χ1n) is 6.74. The van der Waals surface area contributed by atoms with E-state index in [1.54, 1.807) is 0 Å². The number of benzene rings is 1. The molecule has 0 radical (unpaired) electrons. The number of hydrogen-bond donors (Lipinski definition) is 2. The summed E-state index contributed by atoms with van der Waals surface area (Å²) in [5.74, 6) is -1.77. The van der Waals surface area contributed by atoms with E-state index in [-0.39, 0.29) is 11.3 Å². The van der Waals surface area contributed by atoms with E-state index in [0.717, 1.165) is 21.9 Å². The highest BCUT2D eigenvalue weighted by molar-refractivity contribution is 9.10. The van der Waals surface area contributed by atoms with Crippen LogP contribution in [0.4, 0.5) is 5.13 Å². The smallest absolute Gasteiger partial charge is 0.339 e. The number of aromatic nitrogens is 3. The SMILES string of the molecule is Cn1ncc(C(=O)O)c1C(=O)Nc1nc(-c2cccc(Br)c2)cs1. The fourth-order valence-corrected chi connectivity index (χ4v) is 3.25. The number of carbonyl (C=O) groups excluding carboxylic acids is 1. The average molecular weight is 407 g/mol. The molecular weight excluding hydrogens is 396 g/mol. The summed E-state index contributed by atoms with van der Waals surface area (Å²) in [7, 11) is 1.51. The molecule has 3 aromatic rings. The molecule has 0 spiro atoms. The zero-order chi connectivity index (χ0) is 17.3. The summed E-state index contributed by atoms with van der Waals surface area (Å²) in [6.45, 7) is 0. The van der Waals surface area contributed by atoms with Gasteiger partial charge in [0.25, 0.3) is 5.91 Å². The number of rotatable bonds is 4. The van der Waals surface area contributed by atoms with Crippen LogP contribution in [0, 0.1) is 0 Å². The highest BCUT2D eigenvalue weighted by atomic mass is 79.9. The molecule has 9 heteroatoms. The van der Waals surface area contributed by atoms with Crippen molar-refractivity contribution in [3.8, 4) is 11.3 Å². The van der Waals surface area contributed by atoms with Crippen molar-refractivity contribution < 1.29 is 14.7 Å². The zero-order valence-electron chi connectivity index (χ0n) is 12.4. The predicted octanol–water partition coefficient (Wildman–Crippen LogP) is 3.26. The van der Waals surface area contributed by atoms with E-state index in [9.17, 15) is 9.59 Å². The number of halogens is 1. The Kier molecular flexibility index (Phi) is 4.45. The van der Waals surface area contributed by atoms with Gasteiger partial charge in [0.1, 0.15) is 11.3 Å². The molecule has 0 atom stereocenters. The second-order valence-electron chi connectivity index (χ2n) is 4.84. The van der Waals surface area contributed by atoms with Crippen molar-refractivity contribution >= 4 is 44.3 Å². The lowest BCUT2D eigenvalue weighted by atomic mass is 10.2. The Hall–Kier alpha value is -2.52. The lowest BCUT2D eigenvalue weighted by Gasteiger charge is -2.03. The number of amides is 1. The van der Waals surface area contributed by atoms with E-state index in [0.29, 0.717) is 5.13 Å². The van der Waals surface area contributed by atoms with E-state index in [2.05, 4.69) is 31.3 Å². The van der Waals surface area contributed by atoms with E-state index in [1.807, 2.05) is 29.6 Å². The van der Waals surface area contributed by atoms with Crippen molar-refractivity contribution in [2.45, 2.75) is 0 Å². The van der Waals surface area contributed by atoms with Gasteiger partial charge in [-0.15, -0.1) is 11.3 Å². The predicted molar refractivity (Wildman–Crippen MR) is 93.4 cm³/mol. The van der Waals surface area contributed by atoms with Crippen molar-refractivity contribution in [1.82, 2.24) is 14.8 Å². The van der Waals surface area contributed by atoms with Gasteiger partial charge in [0.05, 0.1) is 11.9 Å². The van der Waals surface area contributed by atoms with Crippen molar-refractivity contribution in [2.24, 2.45) is 7.05 Å². The number of carboxylic acids is 1. The molecule has 2 N–H and O–H groups in total. The third-order valence-corrected chi connectivity index (χ3v) is 4.48. The van der Waals surface area contributed by atoms with E-state index in [4.69, 9.17) is 5.11 Å². The molecule has 0 saturated carbocycles. The van der Waals surface area contributed by atoms with Crippen LogP contribution in [0.1, 0.15) is 20.8 Å². The summed E-state index contributed by atoms with van der Waals surface area (Å²) in [6.07, 6.45) is 1.14. The van der Waals surface area contributed by atoms with Crippen LogP contribution in [0.5, 0.6) is 0 Å². The molecule has 0 fully saturated rings. The molecule has 0 unspecified atom stereocenters. The maximum atomic E-state index is 12.3. The number of nitrogens with zero attached hydrogens (tertiary/aromatic N) is 3. The third-order valence-electron chi connectivity index (χ3n) is 3.23. The summed E-state index contributed by atoms with van der Waals surface area (Å²) in [5, 5.41) is 17.8. The van der Waals surface area contributed by atoms with Gasteiger partial charge < -0.3 is 5.11 Å². The monoisotopic (exact) mass is 406 g/mol. The highest BCUT2D eigenvalue weighted by Crippen LogP contribution is 2.27. The maximum Gasteiger partial charge on any atom is 0.339 e. The van der Waals surface area contributed by atoms with Crippen molar-refractivity contribution in [3.63, 3.8) is 0 Å². The summed E-state index contributed by atoms with van der Waals surface area (Å²) >= 11 is 4.66. The molecule has 0 aliphatic carbocycles. The molecule has 2 aromatic heterocycles. The van der Waals surface area contributed by atoms with Gasteiger partial charge in [-0.05, 0) is 12.1 Å². The van der Waals surface area contributed by atoms with E-state index >= 15 is 0 Å². The van der Waals surface area contributed by atoms with Crippen LogP contribution in [-0.4, -0.2) is 31.7 Å². The number of thiazole rings is 1. The van der Waals surface area contributed by atoms with Crippen LogP contribution in [0.2, 0.25) is 0 Å². The van der Waals surface area contributed by atoms with Crippen LogP contribution in [-0.2, 0) is 7.05 Å². The fourth-order valence-electron chi connectivity index (χ4n) is 2.13. The van der Waals surface area contributed by atoms with Gasteiger partial charge in [0, 0.05) is 22.5 Å². The van der Waals surface area contributed by atoms with Crippen molar-refractivity contribution in [3.05, 3.63) is 51.6 Å². The van der Waals surface area contributed by atoms with Crippen molar-refractivity contribution in [1.29, 1.82) is 0 Å². The summed E-state index contributed by atoms with van der Waals surface area (Å²) in [4.78, 5) is 27.9. The van der Waals surface area contributed by atoms with Crippen LogP contribution < -0.4 is 5.32 Å². The van der Waals surface area contributed by atoms with Crippen molar-refractivity contribution in [2.75, 3.05) is 5.32 Å². The fraction of sp³-hybridized carbons (Fsp3) is 0.0667. The number of carbonyl (C=O) groups is 2. The van der Waals surface area contributed by atoms with Gasteiger partial charge in [-0.25, -0.2) is 9.78 Å². The van der Waals surface area contributed by atoms with Gasteiger partial charge in [-0.1, -0.05) is 28.1 Å². The minimum Gasteiger partial charge on any atom is -0.478 e. The van der Waals surface area contributed by atoms with E-state index in [1.165, 1.54) is 23.1 Å². The molecule has 2 heterocycles. The Balaban J connectivity index is 1.84. The Bertz CT molecular complexity index is 934. The second-order valence-corrected chi connectivity index (χ2v) is 6.61. The molecule has 7 nitrogen and oxygen atoms in total. The van der Waals surface area contributed by atoms with Gasteiger partial charge in [0.15, 0.2) is 5.13 Å². The maximum absolute atomic E-state index is 12.3. The number of anilines is 1. The highest BCUT2D eigenvalue weighted by Gasteiger charge is 2.22. The minimum absolute atomic E-state index is 0.0262. The molecule has 122 valence electrons. The summed E-state index contributed by atoms with van der Waals surface area (Å²) < 4.78 is 2.15. The Morgan fingerprint density at radius 2 is 2.17 bits per heavy atom. The molecule has 0 bridgehead atoms. The first-order chi connectivity index (χ1) is 11.5. The number of carboxylic acid groups (broad SMARTS) is 1. The molecule has 0 aliphatic heterocycles. The summed E-state index contributed by atoms with van der Waals surface area (Å²) in [6, 6.07) is 7.64. The van der Waals surface area contributed by atoms with Crippen LogP contribution in [0.15, 0.2) is 40.3 Å². The average Bonchev–Trinajstić information content (AvgIpc) is 3.14. The second kappa shape index (κ2) is 6.54. The van der Waals surface area contributed by atoms with Gasteiger partial charge in [-0.2, -0.15) is 5.10 Å². The lowest BCUT2D eigenvalue weighted by molar-refractivity contribution is 0.0692. The van der Waals surface area contributed by atoms with Crippen LogP contribution in [0.3, 0.4) is 0 Å². The Labute approximate surface area is 149 Å². The topological polar surface area (TPSA) is 97.1 Å². The standard InChI is InChI=1S/C15H11BrN4O3S/c1-20-12(10(6-17-20)14(22)23)13(21)19-15-18-11(7-24-15)8-3-2-4-9(16)5-8/h2-7H,1H3,(H,22,23)(H,18,19,21). The van der Waals surface area contributed by atoms with Gasteiger partial charge in [0.2, 0.25) is 0 Å². The molecule has 0 saturated heterocycles. The molecule has 24 heavy (non-hydrogen) atoms. The van der Waals surface area contributed by atoms with Crippen LogP contribution >= 0.6 is 27.3 Å². The molecule has 3 rings (SSSR count). The molecule has 1 aromatic carbocycles. The number of aromatic carboxylic acids is 1. The number of aryl methyl sites for hydroxylation is 1. The Morgan fingerprint density at radius 3 is 2.88 bits per heavy atom. The van der Waals surface area contributed by atoms with Gasteiger partial charge >= 0.3 is 5.97 Å². The quantitative estimate of drug-likeness (QED) is 0.692.